The van der Waals surface area contributed by atoms with Crippen LogP contribution in [0, 0.1) is 0 Å². The molecule has 5 heteroatoms. The second-order valence-electron chi connectivity index (χ2n) is 4.44. The normalized spacial score (nSPS) is 10.0. The fraction of sp³-hybridized carbons (Fsp3) is 0.188. The second-order valence-corrected chi connectivity index (χ2v) is 4.44. The monoisotopic (exact) mass is 286 g/mol. The lowest BCUT2D eigenvalue weighted by atomic mass is 10.2. The zero-order chi connectivity index (χ0) is 15.1. The summed E-state index contributed by atoms with van der Waals surface area (Å²) in [7, 11) is 3.23. The van der Waals surface area contributed by atoms with E-state index < -0.39 is 0 Å². The van der Waals surface area contributed by atoms with Gasteiger partial charge in [0.2, 0.25) is 0 Å². The highest BCUT2D eigenvalue weighted by Gasteiger charge is 2.03. The summed E-state index contributed by atoms with van der Waals surface area (Å²) in [6.45, 7) is 0.552. The van der Waals surface area contributed by atoms with Gasteiger partial charge in [-0.25, -0.2) is 4.79 Å². The maximum absolute atomic E-state index is 11.9. The third-order valence-electron chi connectivity index (χ3n) is 2.85. The van der Waals surface area contributed by atoms with Gasteiger partial charge in [0.1, 0.15) is 5.75 Å². The fourth-order valence-corrected chi connectivity index (χ4v) is 1.85. The van der Waals surface area contributed by atoms with E-state index in [0.29, 0.717) is 18.0 Å². The smallest absolute Gasteiger partial charge is 0.323 e. The minimum absolute atomic E-state index is 0.303. The van der Waals surface area contributed by atoms with Gasteiger partial charge >= 0.3 is 6.03 Å². The average molecular weight is 286 g/mol. The minimum Gasteiger partial charge on any atom is -0.497 e. The Morgan fingerprint density at radius 1 is 1.00 bits per heavy atom. The van der Waals surface area contributed by atoms with E-state index in [-0.39, 0.29) is 6.03 Å². The summed E-state index contributed by atoms with van der Waals surface area (Å²) in [6, 6.07) is 14.4. The molecule has 2 aromatic carbocycles. The Bertz CT molecular complexity index is 597. The van der Waals surface area contributed by atoms with Crippen LogP contribution < -0.4 is 15.4 Å². The molecule has 0 aromatic heterocycles. The highest BCUT2D eigenvalue weighted by Crippen LogP contribution is 2.17. The van der Waals surface area contributed by atoms with Crippen LogP contribution in [0.1, 0.15) is 5.56 Å². The molecule has 21 heavy (non-hydrogen) atoms. The lowest BCUT2D eigenvalue weighted by molar-refractivity contribution is 0.185. The molecule has 0 radical (unpaired) electrons. The van der Waals surface area contributed by atoms with Gasteiger partial charge in [-0.05, 0) is 29.8 Å². The van der Waals surface area contributed by atoms with Crippen LogP contribution in [0.2, 0.25) is 0 Å². The van der Waals surface area contributed by atoms with Crippen molar-refractivity contribution in [2.75, 3.05) is 24.9 Å². The van der Waals surface area contributed by atoms with Gasteiger partial charge in [0.25, 0.3) is 0 Å². The number of urea groups is 1. The molecular weight excluding hydrogens is 268 g/mol. The van der Waals surface area contributed by atoms with Crippen LogP contribution in [0.3, 0.4) is 0 Å². The van der Waals surface area contributed by atoms with Crippen molar-refractivity contribution in [2.24, 2.45) is 0 Å². The number of carbonyl (C=O) groups is 1. The van der Waals surface area contributed by atoms with Crippen molar-refractivity contribution in [3.8, 4) is 5.75 Å². The molecule has 0 aliphatic carbocycles. The zero-order valence-corrected chi connectivity index (χ0v) is 12.1. The number of hydrogen-bond acceptors (Lipinski definition) is 3. The molecular formula is C16H18N2O3. The number of ether oxygens (including phenoxy) is 2. The van der Waals surface area contributed by atoms with Crippen molar-refractivity contribution in [1.29, 1.82) is 0 Å². The molecule has 0 saturated heterocycles. The fourth-order valence-electron chi connectivity index (χ4n) is 1.85. The van der Waals surface area contributed by atoms with Gasteiger partial charge in [-0.2, -0.15) is 0 Å². The van der Waals surface area contributed by atoms with Gasteiger partial charge in [-0.1, -0.05) is 18.2 Å². The molecule has 0 aliphatic rings. The van der Waals surface area contributed by atoms with Crippen LogP contribution in [0.4, 0.5) is 16.2 Å². The number of benzene rings is 2. The topological polar surface area (TPSA) is 59.6 Å². The molecule has 0 fully saturated rings. The van der Waals surface area contributed by atoms with E-state index in [2.05, 4.69) is 10.6 Å². The van der Waals surface area contributed by atoms with Gasteiger partial charge in [0, 0.05) is 24.6 Å². The molecule has 0 unspecified atom stereocenters. The molecule has 0 heterocycles. The van der Waals surface area contributed by atoms with Gasteiger partial charge < -0.3 is 20.1 Å². The third kappa shape index (κ3) is 4.50. The van der Waals surface area contributed by atoms with Crippen molar-refractivity contribution >= 4 is 17.4 Å². The predicted octanol–water partition coefficient (Wildman–Crippen LogP) is 3.49. The number of hydrogen-bond donors (Lipinski definition) is 2. The van der Waals surface area contributed by atoms with Gasteiger partial charge in [0.15, 0.2) is 0 Å². The van der Waals surface area contributed by atoms with Crippen LogP contribution in [0.5, 0.6) is 5.75 Å². The first-order valence-corrected chi connectivity index (χ1v) is 6.51. The van der Waals surface area contributed by atoms with E-state index in [9.17, 15) is 4.79 Å². The summed E-state index contributed by atoms with van der Waals surface area (Å²) in [5, 5.41) is 5.52. The number of rotatable bonds is 5. The van der Waals surface area contributed by atoms with Crippen LogP contribution in [-0.2, 0) is 11.3 Å². The largest absolute Gasteiger partial charge is 0.497 e. The van der Waals surface area contributed by atoms with Crippen LogP contribution in [-0.4, -0.2) is 20.3 Å². The number of methoxy groups -OCH3 is 2. The lowest BCUT2D eigenvalue weighted by Crippen LogP contribution is -2.19. The number of nitrogens with one attached hydrogen (secondary N) is 2. The van der Waals surface area contributed by atoms with Crippen molar-refractivity contribution in [1.82, 2.24) is 0 Å². The number of amides is 2. The molecule has 0 saturated carbocycles. The Morgan fingerprint density at radius 3 is 2.38 bits per heavy atom. The number of carbonyl (C=O) groups excluding carboxylic acids is 1. The summed E-state index contributed by atoms with van der Waals surface area (Å²) in [5.41, 5.74) is 2.44. The van der Waals surface area contributed by atoms with Crippen molar-refractivity contribution in [2.45, 2.75) is 6.61 Å². The summed E-state index contributed by atoms with van der Waals surface area (Å²) in [5.74, 6) is 0.691. The molecule has 5 nitrogen and oxygen atoms in total. The minimum atomic E-state index is -0.303. The third-order valence-corrected chi connectivity index (χ3v) is 2.85. The Labute approximate surface area is 123 Å². The Balaban J connectivity index is 1.94. The quantitative estimate of drug-likeness (QED) is 0.884. The second kappa shape index (κ2) is 7.31. The summed E-state index contributed by atoms with van der Waals surface area (Å²) in [4.78, 5) is 11.9. The van der Waals surface area contributed by atoms with Gasteiger partial charge in [-0.3, -0.25) is 0 Å². The Morgan fingerprint density at radius 2 is 1.71 bits per heavy atom. The molecule has 0 aliphatic heterocycles. The first-order chi connectivity index (χ1) is 10.2. The maximum Gasteiger partial charge on any atom is 0.323 e. The van der Waals surface area contributed by atoms with Crippen molar-refractivity contribution < 1.29 is 14.3 Å². The first kappa shape index (κ1) is 14.9. The molecule has 110 valence electrons. The Hall–Kier alpha value is -2.53. The van der Waals surface area contributed by atoms with E-state index in [4.69, 9.17) is 9.47 Å². The molecule has 0 spiro atoms. The number of anilines is 2. The van der Waals surface area contributed by atoms with Gasteiger partial charge in [0.05, 0.1) is 13.7 Å². The lowest BCUT2D eigenvalue weighted by Gasteiger charge is -2.09. The zero-order valence-electron chi connectivity index (χ0n) is 12.1. The standard InChI is InChI=1S/C16H18N2O3/c1-20-11-12-6-8-13(9-7-12)17-16(19)18-14-4-3-5-15(10-14)21-2/h3-10H,11H2,1-2H3,(H2,17,18,19). The SMILES string of the molecule is COCc1ccc(NC(=O)Nc2cccc(OC)c2)cc1. The van der Waals surface area contributed by atoms with E-state index in [0.717, 1.165) is 11.3 Å². The van der Waals surface area contributed by atoms with Crippen molar-refractivity contribution in [3.05, 3.63) is 54.1 Å². The highest BCUT2D eigenvalue weighted by molar-refractivity contribution is 5.99. The first-order valence-electron chi connectivity index (χ1n) is 6.51. The van der Waals surface area contributed by atoms with Crippen LogP contribution >= 0.6 is 0 Å². The summed E-state index contributed by atoms with van der Waals surface area (Å²) in [6.07, 6.45) is 0. The van der Waals surface area contributed by atoms with E-state index in [1.54, 1.807) is 26.4 Å². The van der Waals surface area contributed by atoms with E-state index in [1.807, 2.05) is 36.4 Å². The van der Waals surface area contributed by atoms with Gasteiger partial charge in [-0.15, -0.1) is 0 Å². The molecule has 0 bridgehead atoms. The molecule has 0 atom stereocenters. The highest BCUT2D eigenvalue weighted by atomic mass is 16.5. The summed E-state index contributed by atoms with van der Waals surface area (Å²) >= 11 is 0. The van der Waals surface area contributed by atoms with Crippen LogP contribution in [0.15, 0.2) is 48.5 Å². The van der Waals surface area contributed by atoms with E-state index >= 15 is 0 Å². The molecule has 2 aromatic rings. The van der Waals surface area contributed by atoms with Crippen LogP contribution in [0.25, 0.3) is 0 Å². The van der Waals surface area contributed by atoms with E-state index in [1.165, 1.54) is 0 Å². The molecule has 2 rings (SSSR count). The summed E-state index contributed by atoms with van der Waals surface area (Å²) < 4.78 is 10.1. The molecule has 2 N–H and O–H groups in total. The maximum atomic E-state index is 11.9. The van der Waals surface area contributed by atoms with Crippen molar-refractivity contribution in [3.63, 3.8) is 0 Å². The predicted molar refractivity (Wildman–Crippen MR) is 82.8 cm³/mol. The average Bonchev–Trinajstić information content (AvgIpc) is 2.49. The molecule has 2 amide bonds. The Kier molecular flexibility index (Phi) is 5.17.